The van der Waals surface area contributed by atoms with Crippen molar-refractivity contribution in [2.45, 2.75) is 39.7 Å². The molecule has 2 rings (SSSR count). The lowest BCUT2D eigenvalue weighted by Crippen LogP contribution is -2.48. The molecule has 0 saturated heterocycles. The van der Waals surface area contributed by atoms with E-state index in [1.54, 1.807) is 12.1 Å². The van der Waals surface area contributed by atoms with E-state index < -0.39 is 47.7 Å². The monoisotopic (exact) mass is 423 g/mol. The summed E-state index contributed by atoms with van der Waals surface area (Å²) in [5.41, 5.74) is -3.79. The number of carbonyl (C=O) groups is 4. The molecule has 0 aromatic heterocycles. The Labute approximate surface area is 172 Å². The molecular formula is C21H23F2NO6. The fraction of sp³-hybridized carbons (Fsp3) is 0.429. The van der Waals surface area contributed by atoms with Crippen LogP contribution in [-0.4, -0.2) is 53.8 Å². The highest BCUT2D eigenvalue weighted by Gasteiger charge is 2.56. The van der Waals surface area contributed by atoms with Gasteiger partial charge in [0, 0.05) is 6.54 Å². The quantitative estimate of drug-likeness (QED) is 0.290. The maximum Gasteiger partial charge on any atom is 0.334 e. The standard InChI is InChI=1S/C21H23F2NO6/c1-5-29-18(27)21(17(22)23,19(28)30-20(2,3)4)11-8-12-24-15(25)13-9-6-7-10-14(13)16(24)26/h6-11,17H,5,12H2,1-4H3/b11-8+. The third-order valence-electron chi connectivity index (χ3n) is 4.24. The van der Waals surface area contributed by atoms with E-state index in [9.17, 15) is 28.0 Å². The van der Waals surface area contributed by atoms with Gasteiger partial charge >= 0.3 is 11.9 Å². The summed E-state index contributed by atoms with van der Waals surface area (Å²) < 4.78 is 37.8. The zero-order valence-corrected chi connectivity index (χ0v) is 17.1. The van der Waals surface area contributed by atoms with Gasteiger partial charge in [-0.15, -0.1) is 0 Å². The van der Waals surface area contributed by atoms with Gasteiger partial charge in [0.2, 0.25) is 5.41 Å². The second-order valence-corrected chi connectivity index (χ2v) is 7.56. The minimum Gasteiger partial charge on any atom is -0.465 e. The van der Waals surface area contributed by atoms with E-state index in [1.807, 2.05) is 0 Å². The number of rotatable bonds is 7. The minimum absolute atomic E-state index is 0.188. The minimum atomic E-state index is -3.48. The molecule has 0 fully saturated rings. The van der Waals surface area contributed by atoms with Gasteiger partial charge in [0.05, 0.1) is 17.7 Å². The molecule has 9 heteroatoms. The summed E-state index contributed by atoms with van der Waals surface area (Å²) in [7, 11) is 0. The molecule has 0 N–H and O–H groups in total. The van der Waals surface area contributed by atoms with Crippen LogP contribution in [0.5, 0.6) is 0 Å². The van der Waals surface area contributed by atoms with E-state index in [2.05, 4.69) is 0 Å². The Bertz CT molecular complexity index is 855. The van der Waals surface area contributed by atoms with E-state index in [-0.39, 0.29) is 17.7 Å². The topological polar surface area (TPSA) is 90.0 Å². The summed E-state index contributed by atoms with van der Waals surface area (Å²) in [5.74, 6) is -4.16. The molecule has 1 aromatic rings. The zero-order chi connectivity index (χ0) is 22.7. The largest absolute Gasteiger partial charge is 0.465 e. The number of amides is 2. The fourth-order valence-corrected chi connectivity index (χ4v) is 2.83. The normalized spacial score (nSPS) is 16.0. The van der Waals surface area contributed by atoms with Gasteiger partial charge in [-0.1, -0.05) is 24.3 Å². The second kappa shape index (κ2) is 8.73. The van der Waals surface area contributed by atoms with Crippen LogP contribution in [0.25, 0.3) is 0 Å². The first-order valence-corrected chi connectivity index (χ1v) is 9.27. The number of benzene rings is 1. The van der Waals surface area contributed by atoms with Crippen LogP contribution in [0.1, 0.15) is 48.4 Å². The van der Waals surface area contributed by atoms with Crippen molar-refractivity contribution < 1.29 is 37.4 Å². The molecule has 30 heavy (non-hydrogen) atoms. The van der Waals surface area contributed by atoms with Gasteiger partial charge in [0.25, 0.3) is 18.2 Å². The molecule has 0 saturated carbocycles. The molecule has 0 aliphatic carbocycles. The Morgan fingerprint density at radius 2 is 1.60 bits per heavy atom. The number of nitrogens with zero attached hydrogens (tertiary/aromatic N) is 1. The van der Waals surface area contributed by atoms with Gasteiger partial charge in [-0.25, -0.2) is 8.78 Å². The number of hydrogen-bond acceptors (Lipinski definition) is 6. The molecule has 1 unspecified atom stereocenters. The molecule has 0 spiro atoms. The summed E-state index contributed by atoms with van der Waals surface area (Å²) in [4.78, 5) is 50.6. The highest BCUT2D eigenvalue weighted by Crippen LogP contribution is 2.34. The van der Waals surface area contributed by atoms with Crippen molar-refractivity contribution in [3.63, 3.8) is 0 Å². The summed E-state index contributed by atoms with van der Waals surface area (Å²) in [5, 5.41) is 0. The van der Waals surface area contributed by atoms with Crippen LogP contribution in [0, 0.1) is 5.41 Å². The van der Waals surface area contributed by atoms with Crippen molar-refractivity contribution in [1.29, 1.82) is 0 Å². The van der Waals surface area contributed by atoms with Crippen molar-refractivity contribution in [3.05, 3.63) is 47.5 Å². The predicted octanol–water partition coefficient (Wildman–Crippen LogP) is 3.00. The summed E-state index contributed by atoms with van der Waals surface area (Å²) >= 11 is 0. The average Bonchev–Trinajstić information content (AvgIpc) is 2.88. The summed E-state index contributed by atoms with van der Waals surface area (Å²) in [6, 6.07) is 6.13. The second-order valence-electron chi connectivity index (χ2n) is 7.56. The van der Waals surface area contributed by atoms with Crippen LogP contribution in [0.3, 0.4) is 0 Å². The number of imide groups is 1. The molecular weight excluding hydrogens is 400 g/mol. The molecule has 7 nitrogen and oxygen atoms in total. The Balaban J connectivity index is 2.35. The van der Waals surface area contributed by atoms with Crippen LogP contribution in [-0.2, 0) is 19.1 Å². The Morgan fingerprint density at radius 3 is 2.03 bits per heavy atom. The number of carbonyl (C=O) groups excluding carboxylic acids is 4. The number of alkyl halides is 2. The van der Waals surface area contributed by atoms with Gasteiger partial charge < -0.3 is 9.47 Å². The molecule has 1 aromatic carbocycles. The maximum absolute atomic E-state index is 14.0. The lowest BCUT2D eigenvalue weighted by atomic mass is 9.87. The summed E-state index contributed by atoms with van der Waals surface area (Å²) in [6.45, 7) is 5.16. The van der Waals surface area contributed by atoms with Crippen LogP contribution in [0.15, 0.2) is 36.4 Å². The highest BCUT2D eigenvalue weighted by molar-refractivity contribution is 6.21. The van der Waals surface area contributed by atoms with Crippen LogP contribution < -0.4 is 0 Å². The Kier molecular flexibility index (Phi) is 6.74. The SMILES string of the molecule is CCOC(=O)C(/C=C/CN1C(=O)c2ccccc2C1=O)(C(=O)OC(C)(C)C)C(F)F. The van der Waals surface area contributed by atoms with Crippen LogP contribution in [0.2, 0.25) is 0 Å². The smallest absolute Gasteiger partial charge is 0.334 e. The molecule has 1 aliphatic rings. The third-order valence-corrected chi connectivity index (χ3v) is 4.24. The Hall–Kier alpha value is -3.10. The number of halogens is 2. The number of ether oxygens (including phenoxy) is 2. The van der Waals surface area contributed by atoms with Gasteiger partial charge in [0.15, 0.2) is 0 Å². The number of esters is 2. The summed E-state index contributed by atoms with van der Waals surface area (Å²) in [6.07, 6.45) is -1.84. The molecule has 0 radical (unpaired) electrons. The van der Waals surface area contributed by atoms with Crippen molar-refractivity contribution in [3.8, 4) is 0 Å². The molecule has 162 valence electrons. The van der Waals surface area contributed by atoms with Crippen molar-refractivity contribution in [2.75, 3.05) is 13.2 Å². The van der Waals surface area contributed by atoms with Gasteiger partial charge in [0.1, 0.15) is 5.60 Å². The molecule has 2 amide bonds. The van der Waals surface area contributed by atoms with Crippen LogP contribution in [0.4, 0.5) is 8.78 Å². The van der Waals surface area contributed by atoms with E-state index in [1.165, 1.54) is 39.8 Å². The molecule has 1 aliphatic heterocycles. The first kappa shape index (κ1) is 23.2. The number of fused-ring (bicyclic) bond motifs is 1. The van der Waals surface area contributed by atoms with E-state index >= 15 is 0 Å². The molecule has 1 heterocycles. The van der Waals surface area contributed by atoms with Crippen LogP contribution >= 0.6 is 0 Å². The lowest BCUT2D eigenvalue weighted by Gasteiger charge is -2.29. The highest BCUT2D eigenvalue weighted by atomic mass is 19.3. The lowest BCUT2D eigenvalue weighted by molar-refractivity contribution is -0.185. The first-order valence-electron chi connectivity index (χ1n) is 9.27. The van der Waals surface area contributed by atoms with Crippen molar-refractivity contribution in [2.24, 2.45) is 5.41 Å². The van der Waals surface area contributed by atoms with E-state index in [0.29, 0.717) is 6.08 Å². The predicted molar refractivity (Wildman–Crippen MR) is 102 cm³/mol. The van der Waals surface area contributed by atoms with Crippen molar-refractivity contribution in [1.82, 2.24) is 4.90 Å². The number of hydrogen-bond donors (Lipinski definition) is 0. The van der Waals surface area contributed by atoms with Gasteiger partial charge in [-0.2, -0.15) is 0 Å². The van der Waals surface area contributed by atoms with E-state index in [0.717, 1.165) is 11.0 Å². The van der Waals surface area contributed by atoms with Gasteiger partial charge in [-0.3, -0.25) is 24.1 Å². The fourth-order valence-electron chi connectivity index (χ4n) is 2.83. The third kappa shape index (κ3) is 4.39. The zero-order valence-electron chi connectivity index (χ0n) is 17.1. The molecule has 1 atom stereocenters. The first-order chi connectivity index (χ1) is 14.0. The van der Waals surface area contributed by atoms with Crippen molar-refractivity contribution >= 4 is 23.8 Å². The Morgan fingerprint density at radius 1 is 1.07 bits per heavy atom. The van der Waals surface area contributed by atoms with Gasteiger partial charge in [-0.05, 0) is 39.8 Å². The maximum atomic E-state index is 14.0. The van der Waals surface area contributed by atoms with E-state index in [4.69, 9.17) is 9.47 Å². The average molecular weight is 423 g/mol. The molecule has 0 bridgehead atoms.